The molecule has 1 aromatic carbocycles. The van der Waals surface area contributed by atoms with E-state index in [1.165, 1.54) is 49.6 Å². The lowest BCUT2D eigenvalue weighted by atomic mass is 9.69. The topological polar surface area (TPSA) is 40.6 Å². The molecule has 3 aliphatic rings. The molecule has 1 aliphatic carbocycles. The molecule has 4 nitrogen and oxygen atoms in total. The molecule has 0 bridgehead atoms. The van der Waals surface area contributed by atoms with Crippen molar-refractivity contribution in [1.82, 2.24) is 9.21 Å². The third-order valence-corrected chi connectivity index (χ3v) is 7.88. The van der Waals surface area contributed by atoms with Gasteiger partial charge in [-0.3, -0.25) is 0 Å². The smallest absolute Gasteiger partial charge is 0.211 e. The fourth-order valence-corrected chi connectivity index (χ4v) is 6.08. The van der Waals surface area contributed by atoms with E-state index >= 15 is 0 Å². The van der Waals surface area contributed by atoms with Crippen LogP contribution in [0.3, 0.4) is 0 Å². The van der Waals surface area contributed by atoms with Crippen LogP contribution >= 0.6 is 0 Å². The minimum absolute atomic E-state index is 0.00407. The molecule has 0 aromatic heterocycles. The number of sulfonamides is 1. The van der Waals surface area contributed by atoms with E-state index in [2.05, 4.69) is 23.1 Å². The van der Waals surface area contributed by atoms with Gasteiger partial charge in [0.1, 0.15) is 0 Å². The number of fused-ring (bicyclic) bond motifs is 2. The van der Waals surface area contributed by atoms with Gasteiger partial charge < -0.3 is 4.90 Å². The molecular formula is C20H30N2O2S. The van der Waals surface area contributed by atoms with Crippen molar-refractivity contribution in [3.05, 3.63) is 35.4 Å². The Labute approximate surface area is 152 Å². The third-order valence-electron chi connectivity index (χ3n) is 6.69. The molecule has 0 amide bonds. The molecule has 4 rings (SSSR count). The van der Waals surface area contributed by atoms with Crippen LogP contribution in [0.25, 0.3) is 0 Å². The average Bonchev–Trinajstić information content (AvgIpc) is 3.09. The molecule has 1 spiro atoms. The predicted octanol–water partition coefficient (Wildman–Crippen LogP) is 2.99. The molecule has 25 heavy (non-hydrogen) atoms. The normalized spacial score (nSPS) is 25.3. The van der Waals surface area contributed by atoms with Crippen molar-refractivity contribution in [1.29, 1.82) is 0 Å². The number of likely N-dealkylation sites (tertiary alicyclic amines) is 1. The molecule has 2 fully saturated rings. The van der Waals surface area contributed by atoms with E-state index in [4.69, 9.17) is 0 Å². The van der Waals surface area contributed by atoms with Crippen molar-refractivity contribution in [2.24, 2.45) is 5.92 Å². The van der Waals surface area contributed by atoms with Gasteiger partial charge in [0.05, 0.1) is 6.26 Å². The first-order chi connectivity index (χ1) is 12.0. The van der Waals surface area contributed by atoms with Gasteiger partial charge in [-0.1, -0.05) is 37.1 Å². The first kappa shape index (κ1) is 17.5. The van der Waals surface area contributed by atoms with Crippen LogP contribution < -0.4 is 0 Å². The van der Waals surface area contributed by atoms with Crippen LogP contribution in [0, 0.1) is 5.92 Å². The van der Waals surface area contributed by atoms with Crippen molar-refractivity contribution in [2.45, 2.75) is 50.5 Å². The van der Waals surface area contributed by atoms with Gasteiger partial charge in [-0.15, -0.1) is 0 Å². The Morgan fingerprint density at radius 3 is 2.48 bits per heavy atom. The van der Waals surface area contributed by atoms with Gasteiger partial charge >= 0.3 is 0 Å². The van der Waals surface area contributed by atoms with Crippen LogP contribution in [0.5, 0.6) is 0 Å². The van der Waals surface area contributed by atoms with Crippen LogP contribution in [0.1, 0.15) is 49.7 Å². The quantitative estimate of drug-likeness (QED) is 0.830. The van der Waals surface area contributed by atoms with E-state index in [0.717, 1.165) is 31.8 Å². The monoisotopic (exact) mass is 362 g/mol. The zero-order valence-electron chi connectivity index (χ0n) is 15.3. The van der Waals surface area contributed by atoms with E-state index in [-0.39, 0.29) is 5.41 Å². The van der Waals surface area contributed by atoms with Gasteiger partial charge in [-0.05, 0) is 55.8 Å². The molecule has 1 aromatic rings. The predicted molar refractivity (Wildman–Crippen MR) is 101 cm³/mol. The Morgan fingerprint density at radius 2 is 1.80 bits per heavy atom. The third kappa shape index (κ3) is 3.51. The largest absolute Gasteiger partial charge is 0.303 e. The summed E-state index contributed by atoms with van der Waals surface area (Å²) >= 11 is 0. The average molecular weight is 363 g/mol. The van der Waals surface area contributed by atoms with Gasteiger partial charge in [0.15, 0.2) is 0 Å². The fourth-order valence-electron chi connectivity index (χ4n) is 5.23. The second-order valence-electron chi connectivity index (χ2n) is 8.42. The summed E-state index contributed by atoms with van der Waals surface area (Å²) in [6.45, 7) is 4.63. The second kappa shape index (κ2) is 6.67. The van der Waals surface area contributed by atoms with Crippen LogP contribution in [0.2, 0.25) is 0 Å². The molecule has 1 saturated carbocycles. The second-order valence-corrected chi connectivity index (χ2v) is 10.4. The molecule has 0 radical (unpaired) electrons. The summed E-state index contributed by atoms with van der Waals surface area (Å²) in [4.78, 5) is 2.63. The molecule has 0 unspecified atom stereocenters. The Kier molecular flexibility index (Phi) is 4.67. The molecule has 0 atom stereocenters. The molecule has 138 valence electrons. The molecule has 2 aliphatic heterocycles. The van der Waals surface area contributed by atoms with Gasteiger partial charge in [-0.25, -0.2) is 8.42 Å². The number of nitrogens with zero attached hydrogens (tertiary/aromatic N) is 2. The van der Waals surface area contributed by atoms with Gasteiger partial charge in [0.2, 0.25) is 10.0 Å². The minimum Gasteiger partial charge on any atom is -0.303 e. The first-order valence-corrected chi connectivity index (χ1v) is 11.6. The standard InChI is InChI=1S/C20H30N2O2S/c1-25(23,24)22-15-18-8-4-5-9-19(18)20(16-22)10-12-21(13-11-20)14-17-6-2-3-7-17/h4-5,8-9,17H,2-3,6-7,10-16H2,1H3. The molecule has 2 heterocycles. The van der Waals surface area contributed by atoms with Crippen LogP contribution in [0.15, 0.2) is 24.3 Å². The maximum absolute atomic E-state index is 12.2. The molecule has 1 saturated heterocycles. The van der Waals surface area contributed by atoms with Crippen molar-refractivity contribution in [3.8, 4) is 0 Å². The SMILES string of the molecule is CS(=O)(=O)N1Cc2ccccc2C2(CCN(CC3CCCC3)CC2)C1. The highest BCUT2D eigenvalue weighted by atomic mass is 32.2. The highest BCUT2D eigenvalue weighted by Crippen LogP contribution is 2.42. The molecular weight excluding hydrogens is 332 g/mol. The summed E-state index contributed by atoms with van der Waals surface area (Å²) in [5.41, 5.74) is 2.60. The van der Waals surface area contributed by atoms with Gasteiger partial charge in [0, 0.05) is 25.0 Å². The Bertz CT molecular complexity index is 717. The molecule has 0 N–H and O–H groups in total. The Morgan fingerprint density at radius 1 is 1.12 bits per heavy atom. The number of benzene rings is 1. The van der Waals surface area contributed by atoms with E-state index < -0.39 is 10.0 Å². The summed E-state index contributed by atoms with van der Waals surface area (Å²) in [5.74, 6) is 0.889. The van der Waals surface area contributed by atoms with Crippen molar-refractivity contribution >= 4 is 10.0 Å². The highest BCUT2D eigenvalue weighted by molar-refractivity contribution is 7.88. The zero-order chi connectivity index (χ0) is 17.5. The number of hydrogen-bond acceptors (Lipinski definition) is 3. The van der Waals surface area contributed by atoms with E-state index in [1.54, 1.807) is 4.31 Å². The Balaban J connectivity index is 1.54. The van der Waals surface area contributed by atoms with Crippen molar-refractivity contribution < 1.29 is 8.42 Å². The summed E-state index contributed by atoms with van der Waals surface area (Å²) in [6, 6.07) is 8.50. The maximum atomic E-state index is 12.2. The lowest BCUT2D eigenvalue weighted by Gasteiger charge is -2.48. The minimum atomic E-state index is -3.16. The fraction of sp³-hybridized carbons (Fsp3) is 0.700. The summed E-state index contributed by atoms with van der Waals surface area (Å²) in [7, 11) is -3.16. The summed E-state index contributed by atoms with van der Waals surface area (Å²) in [6.07, 6.45) is 9.09. The van der Waals surface area contributed by atoms with E-state index in [9.17, 15) is 8.42 Å². The van der Waals surface area contributed by atoms with Crippen molar-refractivity contribution in [3.63, 3.8) is 0 Å². The van der Waals surface area contributed by atoms with E-state index in [0.29, 0.717) is 13.1 Å². The number of rotatable bonds is 3. The van der Waals surface area contributed by atoms with E-state index in [1.807, 2.05) is 6.07 Å². The van der Waals surface area contributed by atoms with Crippen LogP contribution in [0.4, 0.5) is 0 Å². The first-order valence-electron chi connectivity index (χ1n) is 9.72. The lowest BCUT2D eigenvalue weighted by Crippen LogP contribution is -2.53. The summed E-state index contributed by atoms with van der Waals surface area (Å²) < 4.78 is 26.2. The molecule has 5 heteroatoms. The highest BCUT2D eigenvalue weighted by Gasteiger charge is 2.44. The van der Waals surface area contributed by atoms with Gasteiger partial charge in [0.25, 0.3) is 0 Å². The zero-order valence-corrected chi connectivity index (χ0v) is 16.1. The number of piperidine rings is 1. The maximum Gasteiger partial charge on any atom is 0.211 e. The lowest BCUT2D eigenvalue weighted by molar-refractivity contribution is 0.116. The van der Waals surface area contributed by atoms with Crippen molar-refractivity contribution in [2.75, 3.05) is 32.4 Å². The van der Waals surface area contributed by atoms with Gasteiger partial charge in [-0.2, -0.15) is 4.31 Å². The number of hydrogen-bond donors (Lipinski definition) is 0. The van der Waals surface area contributed by atoms with Crippen LogP contribution in [-0.4, -0.2) is 50.1 Å². The Hall–Kier alpha value is -0.910. The van der Waals surface area contributed by atoms with Crippen LogP contribution in [-0.2, 0) is 22.0 Å². The summed E-state index contributed by atoms with van der Waals surface area (Å²) in [5, 5.41) is 0.